The zero-order valence-corrected chi connectivity index (χ0v) is 14.4. The summed E-state index contributed by atoms with van der Waals surface area (Å²) < 4.78 is 16.6. The van der Waals surface area contributed by atoms with Gasteiger partial charge in [-0.05, 0) is 36.8 Å². The summed E-state index contributed by atoms with van der Waals surface area (Å²) in [7, 11) is 1.53. The fourth-order valence-electron chi connectivity index (χ4n) is 1.84. The maximum absolute atomic E-state index is 11.9. The van der Waals surface area contributed by atoms with Gasteiger partial charge in [0.15, 0.2) is 23.9 Å². The predicted molar refractivity (Wildman–Crippen MR) is 88.0 cm³/mol. The number of rotatable bonds is 5. The van der Waals surface area contributed by atoms with Crippen LogP contribution in [-0.2, 0) is 4.79 Å². The van der Waals surface area contributed by atoms with E-state index in [4.69, 9.17) is 25.8 Å². The van der Waals surface area contributed by atoms with Crippen LogP contribution in [0.2, 0.25) is 5.02 Å². The first-order valence-corrected chi connectivity index (χ1v) is 7.60. The topological polar surface area (TPSA) is 44.8 Å². The number of benzene rings is 2. The number of ether oxygens (including phenoxy) is 3. The quantitative estimate of drug-likeness (QED) is 0.565. The van der Waals surface area contributed by atoms with Crippen molar-refractivity contribution in [3.05, 3.63) is 51.5 Å². The normalized spacial score (nSPS) is 10.2. The third kappa shape index (κ3) is 4.15. The van der Waals surface area contributed by atoms with Gasteiger partial charge in [-0.3, -0.25) is 0 Å². The van der Waals surface area contributed by atoms with E-state index in [-0.39, 0.29) is 6.61 Å². The Morgan fingerprint density at radius 2 is 1.91 bits per heavy atom. The Kier molecular flexibility index (Phi) is 5.69. The monoisotopic (exact) mass is 384 g/mol. The fraction of sp³-hybridized carbons (Fsp3) is 0.188. The van der Waals surface area contributed by atoms with E-state index in [1.54, 1.807) is 31.2 Å². The summed E-state index contributed by atoms with van der Waals surface area (Å²) in [4.78, 5) is 11.9. The molecule has 0 heterocycles. The molecule has 0 saturated carbocycles. The molecule has 0 aromatic heterocycles. The smallest absolute Gasteiger partial charge is 0.349 e. The predicted octanol–water partition coefficient (Wildman–Crippen LogP) is 4.40. The van der Waals surface area contributed by atoms with Crippen LogP contribution in [0.15, 0.2) is 40.9 Å². The lowest BCUT2D eigenvalue weighted by Crippen LogP contribution is -2.18. The standard InChI is InChI=1S/C16H14BrClO4/c1-10-7-11(17)8-12(18)16(10)22-15(19)9-21-14-6-4-3-5-13(14)20-2/h3-8H,9H2,1-2H3. The van der Waals surface area contributed by atoms with E-state index in [0.29, 0.717) is 22.3 Å². The highest BCUT2D eigenvalue weighted by Gasteiger charge is 2.14. The molecule has 2 aromatic rings. The van der Waals surface area contributed by atoms with Crippen LogP contribution in [0.4, 0.5) is 0 Å². The Bertz CT molecular complexity index is 665. The first kappa shape index (κ1) is 16.6. The van der Waals surface area contributed by atoms with Crippen molar-refractivity contribution in [3.8, 4) is 17.2 Å². The van der Waals surface area contributed by atoms with E-state index < -0.39 is 5.97 Å². The first-order valence-electron chi connectivity index (χ1n) is 6.43. The Morgan fingerprint density at radius 3 is 2.55 bits per heavy atom. The molecule has 4 nitrogen and oxygen atoms in total. The summed E-state index contributed by atoms with van der Waals surface area (Å²) in [5.41, 5.74) is 0.755. The van der Waals surface area contributed by atoms with Crippen LogP contribution < -0.4 is 14.2 Å². The van der Waals surface area contributed by atoms with Crippen LogP contribution in [0, 0.1) is 6.92 Å². The lowest BCUT2D eigenvalue weighted by molar-refractivity contribution is -0.136. The summed E-state index contributed by atoms with van der Waals surface area (Å²) in [6.45, 7) is 1.56. The lowest BCUT2D eigenvalue weighted by atomic mass is 10.2. The van der Waals surface area contributed by atoms with Gasteiger partial charge in [0, 0.05) is 4.47 Å². The second-order valence-electron chi connectivity index (χ2n) is 4.45. The Morgan fingerprint density at radius 1 is 1.23 bits per heavy atom. The zero-order valence-electron chi connectivity index (χ0n) is 12.1. The lowest BCUT2D eigenvalue weighted by Gasteiger charge is -2.12. The van der Waals surface area contributed by atoms with Gasteiger partial charge >= 0.3 is 5.97 Å². The number of carbonyl (C=O) groups excluding carboxylic acids is 1. The summed E-state index contributed by atoms with van der Waals surface area (Å²) in [5.74, 6) is 0.811. The van der Waals surface area contributed by atoms with E-state index in [1.807, 2.05) is 12.1 Å². The van der Waals surface area contributed by atoms with Crippen molar-refractivity contribution in [2.45, 2.75) is 6.92 Å². The van der Waals surface area contributed by atoms with E-state index in [1.165, 1.54) is 7.11 Å². The highest BCUT2D eigenvalue weighted by Crippen LogP contribution is 2.32. The highest BCUT2D eigenvalue weighted by molar-refractivity contribution is 9.10. The molecular weight excluding hydrogens is 372 g/mol. The Balaban J connectivity index is 2.02. The van der Waals surface area contributed by atoms with E-state index in [2.05, 4.69) is 15.9 Å². The van der Waals surface area contributed by atoms with Gasteiger partial charge in [-0.15, -0.1) is 0 Å². The Labute approximate surface area is 142 Å². The SMILES string of the molecule is COc1ccccc1OCC(=O)Oc1c(C)cc(Br)cc1Cl. The molecule has 0 fully saturated rings. The molecule has 2 aromatic carbocycles. The molecule has 0 saturated heterocycles. The van der Waals surface area contributed by atoms with Gasteiger partial charge in [0.05, 0.1) is 12.1 Å². The molecule has 2 rings (SSSR count). The van der Waals surface area contributed by atoms with Crippen LogP contribution >= 0.6 is 27.5 Å². The maximum Gasteiger partial charge on any atom is 0.349 e. The van der Waals surface area contributed by atoms with Crippen molar-refractivity contribution in [3.63, 3.8) is 0 Å². The van der Waals surface area contributed by atoms with Gasteiger partial charge in [-0.25, -0.2) is 4.79 Å². The number of esters is 1. The third-order valence-corrected chi connectivity index (χ3v) is 3.56. The van der Waals surface area contributed by atoms with Gasteiger partial charge in [-0.2, -0.15) is 0 Å². The Hall–Kier alpha value is -1.72. The molecule has 0 atom stereocenters. The number of halogens is 2. The molecule has 0 bridgehead atoms. The van der Waals surface area contributed by atoms with Crippen molar-refractivity contribution in [1.82, 2.24) is 0 Å². The minimum absolute atomic E-state index is 0.244. The van der Waals surface area contributed by atoms with Crippen LogP contribution in [0.1, 0.15) is 5.56 Å². The van der Waals surface area contributed by atoms with Crippen molar-refractivity contribution in [1.29, 1.82) is 0 Å². The summed E-state index contributed by atoms with van der Waals surface area (Å²) in [6, 6.07) is 10.5. The average molecular weight is 386 g/mol. The van der Waals surface area contributed by atoms with Gasteiger partial charge in [0.25, 0.3) is 0 Å². The first-order chi connectivity index (χ1) is 10.5. The maximum atomic E-state index is 11.9. The molecule has 0 N–H and O–H groups in total. The van der Waals surface area contributed by atoms with Crippen molar-refractivity contribution >= 4 is 33.5 Å². The van der Waals surface area contributed by atoms with Gasteiger partial charge in [0.2, 0.25) is 0 Å². The molecule has 0 spiro atoms. The van der Waals surface area contributed by atoms with E-state index >= 15 is 0 Å². The number of para-hydroxylation sites is 2. The minimum Gasteiger partial charge on any atom is -0.493 e. The highest BCUT2D eigenvalue weighted by atomic mass is 79.9. The molecule has 22 heavy (non-hydrogen) atoms. The average Bonchev–Trinajstić information content (AvgIpc) is 2.49. The van der Waals surface area contributed by atoms with Crippen molar-refractivity contribution in [2.24, 2.45) is 0 Å². The molecule has 116 valence electrons. The van der Waals surface area contributed by atoms with Crippen LogP contribution in [-0.4, -0.2) is 19.7 Å². The van der Waals surface area contributed by atoms with E-state index in [9.17, 15) is 4.79 Å². The number of methoxy groups -OCH3 is 1. The molecule has 0 aliphatic rings. The van der Waals surface area contributed by atoms with Gasteiger partial charge < -0.3 is 14.2 Å². The molecule has 0 amide bonds. The molecule has 0 unspecified atom stereocenters. The number of carbonyl (C=O) groups is 1. The second-order valence-corrected chi connectivity index (χ2v) is 5.77. The van der Waals surface area contributed by atoms with E-state index in [0.717, 1.165) is 10.0 Å². The van der Waals surface area contributed by atoms with Crippen LogP contribution in [0.5, 0.6) is 17.2 Å². The molecule has 0 aliphatic heterocycles. The van der Waals surface area contributed by atoms with Crippen molar-refractivity contribution < 1.29 is 19.0 Å². The summed E-state index contributed by atoms with van der Waals surface area (Å²) in [6.07, 6.45) is 0. The number of hydrogen-bond acceptors (Lipinski definition) is 4. The number of aryl methyl sites for hydroxylation is 1. The molecule has 6 heteroatoms. The molecule has 0 aliphatic carbocycles. The third-order valence-electron chi connectivity index (χ3n) is 2.82. The fourth-order valence-corrected chi connectivity index (χ4v) is 2.85. The summed E-state index contributed by atoms with van der Waals surface area (Å²) in [5, 5.41) is 0.359. The summed E-state index contributed by atoms with van der Waals surface area (Å²) >= 11 is 9.40. The van der Waals surface area contributed by atoms with Gasteiger partial charge in [0.1, 0.15) is 0 Å². The minimum atomic E-state index is -0.543. The number of hydrogen-bond donors (Lipinski definition) is 0. The second kappa shape index (κ2) is 7.51. The zero-order chi connectivity index (χ0) is 16.1. The largest absolute Gasteiger partial charge is 0.493 e. The van der Waals surface area contributed by atoms with Crippen LogP contribution in [0.3, 0.4) is 0 Å². The van der Waals surface area contributed by atoms with Crippen LogP contribution in [0.25, 0.3) is 0 Å². The van der Waals surface area contributed by atoms with Gasteiger partial charge in [-0.1, -0.05) is 39.7 Å². The molecular formula is C16H14BrClO4. The van der Waals surface area contributed by atoms with Crippen molar-refractivity contribution in [2.75, 3.05) is 13.7 Å². The molecule has 0 radical (unpaired) electrons.